The van der Waals surface area contributed by atoms with Gasteiger partial charge in [-0.1, -0.05) is 35.3 Å². The van der Waals surface area contributed by atoms with E-state index < -0.39 is 12.3 Å². The first-order valence-corrected chi connectivity index (χ1v) is 7.08. The lowest BCUT2D eigenvalue weighted by molar-refractivity contribution is -0.274. The highest BCUT2D eigenvalue weighted by atomic mass is 35.5. The van der Waals surface area contributed by atoms with Crippen LogP contribution >= 0.6 is 23.2 Å². The summed E-state index contributed by atoms with van der Waals surface area (Å²) in [6.45, 7) is 0.129. The fraction of sp³-hybridized carbons (Fsp3) is 0.133. The summed E-state index contributed by atoms with van der Waals surface area (Å²) in [5, 5.41) is 3.23. The van der Waals surface area contributed by atoms with Gasteiger partial charge < -0.3 is 10.1 Å². The second-order valence-electron chi connectivity index (χ2n) is 4.50. The Morgan fingerprint density at radius 1 is 1.09 bits per heavy atom. The van der Waals surface area contributed by atoms with E-state index >= 15 is 0 Å². The lowest BCUT2D eigenvalue weighted by Crippen LogP contribution is -2.23. The van der Waals surface area contributed by atoms with E-state index in [2.05, 4.69) is 10.1 Å². The van der Waals surface area contributed by atoms with Crippen LogP contribution in [-0.4, -0.2) is 12.3 Å². The molecule has 0 radical (unpaired) electrons. The van der Waals surface area contributed by atoms with Crippen LogP contribution in [0.2, 0.25) is 10.0 Å². The molecule has 2 rings (SSSR count). The summed E-state index contributed by atoms with van der Waals surface area (Å²) < 4.78 is 39.9. The Morgan fingerprint density at radius 3 is 2.30 bits per heavy atom. The highest BCUT2D eigenvalue weighted by Gasteiger charge is 2.30. The molecule has 0 aliphatic rings. The third-order valence-electron chi connectivity index (χ3n) is 2.79. The fourth-order valence-electron chi connectivity index (χ4n) is 1.76. The van der Waals surface area contributed by atoms with Crippen molar-refractivity contribution < 1.29 is 22.7 Å². The van der Waals surface area contributed by atoms with Crippen LogP contribution in [0.5, 0.6) is 5.75 Å². The van der Waals surface area contributed by atoms with Crippen molar-refractivity contribution in [1.82, 2.24) is 5.32 Å². The van der Waals surface area contributed by atoms with Crippen molar-refractivity contribution in [2.45, 2.75) is 12.9 Å². The van der Waals surface area contributed by atoms with Crippen molar-refractivity contribution in [3.8, 4) is 5.75 Å². The molecule has 122 valence electrons. The molecule has 2 aromatic carbocycles. The van der Waals surface area contributed by atoms with E-state index in [1.807, 2.05) is 0 Å². The van der Waals surface area contributed by atoms with Gasteiger partial charge in [0.2, 0.25) is 0 Å². The van der Waals surface area contributed by atoms with Gasteiger partial charge in [0.25, 0.3) is 5.91 Å². The molecule has 0 saturated heterocycles. The van der Waals surface area contributed by atoms with Crippen LogP contribution in [0.3, 0.4) is 0 Å². The van der Waals surface area contributed by atoms with Gasteiger partial charge in [0, 0.05) is 11.6 Å². The summed E-state index contributed by atoms with van der Waals surface area (Å²) in [5.74, 6) is -0.740. The summed E-state index contributed by atoms with van der Waals surface area (Å²) in [6.07, 6.45) is -4.74. The Morgan fingerprint density at radius 2 is 1.74 bits per heavy atom. The van der Waals surface area contributed by atoms with Crippen LogP contribution in [0.25, 0.3) is 0 Å². The van der Waals surface area contributed by atoms with Crippen LogP contribution in [0, 0.1) is 0 Å². The highest BCUT2D eigenvalue weighted by Crippen LogP contribution is 2.23. The molecule has 1 amide bonds. The molecule has 0 unspecified atom stereocenters. The molecule has 3 nitrogen and oxygen atoms in total. The molecule has 0 heterocycles. The molecule has 0 aliphatic carbocycles. The molecule has 8 heteroatoms. The van der Waals surface area contributed by atoms with Crippen LogP contribution in [0.4, 0.5) is 13.2 Å². The van der Waals surface area contributed by atoms with E-state index in [9.17, 15) is 18.0 Å². The van der Waals surface area contributed by atoms with E-state index in [0.29, 0.717) is 10.6 Å². The quantitative estimate of drug-likeness (QED) is 0.845. The Hall–Kier alpha value is -1.92. The molecule has 0 aliphatic heterocycles. The van der Waals surface area contributed by atoms with Crippen molar-refractivity contribution in [1.29, 1.82) is 0 Å². The maximum Gasteiger partial charge on any atom is 0.573 e. The van der Waals surface area contributed by atoms with Crippen molar-refractivity contribution in [2.24, 2.45) is 0 Å². The molecular formula is C15H10Cl2F3NO2. The van der Waals surface area contributed by atoms with Crippen LogP contribution < -0.4 is 10.1 Å². The van der Waals surface area contributed by atoms with Gasteiger partial charge in [0.1, 0.15) is 5.75 Å². The lowest BCUT2D eigenvalue weighted by Gasteiger charge is -2.10. The molecule has 0 atom stereocenters. The van der Waals surface area contributed by atoms with Gasteiger partial charge in [0.05, 0.1) is 10.6 Å². The summed E-state index contributed by atoms with van der Waals surface area (Å²) in [6, 6.07) is 9.65. The number of benzene rings is 2. The van der Waals surface area contributed by atoms with Crippen molar-refractivity contribution >= 4 is 29.1 Å². The maximum absolute atomic E-state index is 12.0. The molecule has 23 heavy (non-hydrogen) atoms. The minimum atomic E-state index is -4.74. The highest BCUT2D eigenvalue weighted by molar-refractivity contribution is 6.36. The number of halogens is 5. The van der Waals surface area contributed by atoms with Crippen LogP contribution in [0.15, 0.2) is 42.5 Å². The average Bonchev–Trinajstić information content (AvgIpc) is 2.44. The number of ether oxygens (including phenoxy) is 1. The number of hydrogen-bond donors (Lipinski definition) is 1. The first kappa shape index (κ1) is 17.4. The first-order chi connectivity index (χ1) is 10.7. The summed E-state index contributed by atoms with van der Waals surface area (Å²) in [7, 11) is 0. The minimum absolute atomic E-state index is 0.129. The number of carbonyl (C=O) groups excluding carboxylic acids is 1. The Kier molecular flexibility index (Phi) is 5.38. The monoisotopic (exact) mass is 363 g/mol. The average molecular weight is 364 g/mol. The predicted octanol–water partition coefficient (Wildman–Crippen LogP) is 4.82. The molecule has 2 aromatic rings. The van der Waals surface area contributed by atoms with E-state index in [4.69, 9.17) is 23.2 Å². The van der Waals surface area contributed by atoms with Gasteiger partial charge in [-0.25, -0.2) is 0 Å². The summed E-state index contributed by atoms with van der Waals surface area (Å²) in [4.78, 5) is 12.0. The molecule has 0 bridgehead atoms. The van der Waals surface area contributed by atoms with Crippen LogP contribution in [-0.2, 0) is 6.54 Å². The molecule has 1 N–H and O–H groups in total. The molecular weight excluding hydrogens is 354 g/mol. The zero-order valence-electron chi connectivity index (χ0n) is 11.5. The van der Waals surface area contributed by atoms with Crippen LogP contribution in [0.1, 0.15) is 15.9 Å². The van der Waals surface area contributed by atoms with E-state index in [1.54, 1.807) is 0 Å². The van der Waals surface area contributed by atoms with Crippen molar-refractivity contribution in [3.05, 3.63) is 63.6 Å². The van der Waals surface area contributed by atoms with E-state index in [-0.39, 0.29) is 22.9 Å². The van der Waals surface area contributed by atoms with Crippen molar-refractivity contribution in [3.63, 3.8) is 0 Å². The zero-order chi connectivity index (χ0) is 17.0. The van der Waals surface area contributed by atoms with E-state index in [1.165, 1.54) is 42.5 Å². The standard InChI is InChI=1S/C15H10Cl2F3NO2/c16-10-3-6-12(13(17)7-10)14(22)21-8-9-1-4-11(5-2-9)23-15(18,19)20/h1-7H,8H2,(H,21,22). The summed E-state index contributed by atoms with van der Waals surface area (Å²) >= 11 is 11.7. The Balaban J connectivity index is 1.96. The number of nitrogens with one attached hydrogen (secondary N) is 1. The maximum atomic E-state index is 12.0. The van der Waals surface area contributed by atoms with Gasteiger partial charge in [-0.3, -0.25) is 4.79 Å². The topological polar surface area (TPSA) is 38.3 Å². The smallest absolute Gasteiger partial charge is 0.406 e. The Labute approximate surface area is 140 Å². The number of rotatable bonds is 4. The van der Waals surface area contributed by atoms with Gasteiger partial charge in [-0.05, 0) is 35.9 Å². The minimum Gasteiger partial charge on any atom is -0.406 e. The van der Waals surface area contributed by atoms with E-state index in [0.717, 1.165) is 0 Å². The number of amides is 1. The lowest BCUT2D eigenvalue weighted by atomic mass is 10.2. The second kappa shape index (κ2) is 7.10. The van der Waals surface area contributed by atoms with Gasteiger partial charge in [-0.2, -0.15) is 0 Å². The molecule has 0 aromatic heterocycles. The third kappa shape index (κ3) is 5.33. The molecule has 0 saturated carbocycles. The zero-order valence-corrected chi connectivity index (χ0v) is 13.0. The third-order valence-corrected chi connectivity index (χ3v) is 3.33. The van der Waals surface area contributed by atoms with Gasteiger partial charge >= 0.3 is 6.36 Å². The number of carbonyl (C=O) groups is 1. The van der Waals surface area contributed by atoms with Gasteiger partial charge in [-0.15, -0.1) is 13.2 Å². The fourth-order valence-corrected chi connectivity index (χ4v) is 2.25. The Bertz CT molecular complexity index is 703. The molecule has 0 spiro atoms. The SMILES string of the molecule is O=C(NCc1ccc(OC(F)(F)F)cc1)c1ccc(Cl)cc1Cl. The molecule has 0 fully saturated rings. The van der Waals surface area contributed by atoms with Gasteiger partial charge in [0.15, 0.2) is 0 Å². The summed E-state index contributed by atoms with van der Waals surface area (Å²) in [5.41, 5.74) is 0.867. The number of alkyl halides is 3. The number of hydrogen-bond acceptors (Lipinski definition) is 2. The first-order valence-electron chi connectivity index (χ1n) is 6.32. The normalized spacial score (nSPS) is 11.2. The predicted molar refractivity (Wildman–Crippen MR) is 80.8 cm³/mol. The second-order valence-corrected chi connectivity index (χ2v) is 5.34. The van der Waals surface area contributed by atoms with Crippen molar-refractivity contribution in [2.75, 3.05) is 0 Å². The largest absolute Gasteiger partial charge is 0.573 e.